The van der Waals surface area contributed by atoms with E-state index in [0.29, 0.717) is 73.3 Å². The van der Waals surface area contributed by atoms with Crippen molar-refractivity contribution in [2.45, 2.75) is 58.8 Å². The summed E-state index contributed by atoms with van der Waals surface area (Å²) < 4.78 is 24.0. The van der Waals surface area contributed by atoms with Gasteiger partial charge in [-0.15, -0.1) is 0 Å². The van der Waals surface area contributed by atoms with Crippen molar-refractivity contribution in [1.82, 2.24) is 9.80 Å². The van der Waals surface area contributed by atoms with E-state index in [1.54, 1.807) is 19.9 Å². The van der Waals surface area contributed by atoms with Crippen LogP contribution in [0.1, 0.15) is 47.2 Å². The Morgan fingerprint density at radius 1 is 0.698 bits per heavy atom. The molecule has 0 radical (unpaired) electrons. The second kappa shape index (κ2) is 29.0. The first-order chi connectivity index (χ1) is 23.9. The van der Waals surface area contributed by atoms with Gasteiger partial charge in [-0.05, 0) is 79.9 Å². The van der Waals surface area contributed by atoms with Gasteiger partial charge in [0.1, 0.15) is 19.1 Å². The number of aliphatic hydroxyl groups excluding tert-OH is 3. The molecule has 0 fully saturated rings. The number of aliphatic hydroxyl groups is 3. The molecule has 7 N–H and O–H groups in total. The Morgan fingerprint density at radius 3 is 1.58 bits per heavy atom. The van der Waals surface area contributed by atoms with Gasteiger partial charge >= 0.3 is 0 Å². The zero-order chi connectivity index (χ0) is 41.0. The first kappa shape index (κ1) is 57.0. The summed E-state index contributed by atoms with van der Waals surface area (Å²) in [4.78, 5) is 45.9. The molecule has 3 atom stereocenters. The second-order valence-corrected chi connectivity index (χ2v) is 23.8. The second-order valence-electron chi connectivity index (χ2n) is 13.2. The van der Waals surface area contributed by atoms with Crippen LogP contribution in [0, 0.1) is 0 Å². The predicted molar refractivity (Wildman–Crippen MR) is 218 cm³/mol. The largest absolute Gasteiger partial charge is 0.778 e. The normalized spacial score (nSPS) is 13.9. The average molecular weight is 892 g/mol. The first-order valence-corrected chi connectivity index (χ1v) is 27.1. The van der Waals surface area contributed by atoms with Crippen LogP contribution in [-0.4, -0.2) is 133 Å². The Morgan fingerprint density at radius 2 is 1.21 bits per heavy atom. The van der Waals surface area contributed by atoms with E-state index < -0.39 is 33.9 Å². The Kier molecular flexibility index (Phi) is 31.2. The van der Waals surface area contributed by atoms with E-state index in [0.717, 1.165) is 4.90 Å². The molecule has 53 heavy (non-hydrogen) atoms. The summed E-state index contributed by atoms with van der Waals surface area (Å²) in [5.74, 6) is -2.21. The molecule has 2 rings (SSSR count). The van der Waals surface area contributed by atoms with E-state index in [2.05, 4.69) is 56.3 Å². The minimum Gasteiger partial charge on any atom is -0.778 e. The zero-order valence-corrected chi connectivity index (χ0v) is 38.4. The molecule has 13 nitrogen and oxygen atoms in total. The van der Waals surface area contributed by atoms with E-state index >= 15 is 0 Å². The number of hydrogen-bond donors (Lipinski definition) is 7. The van der Waals surface area contributed by atoms with Crippen molar-refractivity contribution in [1.29, 1.82) is 0 Å². The van der Waals surface area contributed by atoms with E-state index in [4.69, 9.17) is 0 Å². The van der Waals surface area contributed by atoms with Crippen molar-refractivity contribution in [3.05, 3.63) is 57.6 Å². The number of benzene rings is 2. The summed E-state index contributed by atoms with van der Waals surface area (Å²) >= 11 is 0. The maximum absolute atomic E-state index is 12.2. The fraction of sp³-hybridized carbons (Fsp3) is 0.647. The van der Waals surface area contributed by atoms with E-state index in [1.165, 1.54) is 23.1 Å². The van der Waals surface area contributed by atoms with Gasteiger partial charge in [0.05, 0.1) is 88.2 Å². The van der Waals surface area contributed by atoms with Crippen LogP contribution in [0.4, 0.5) is 0 Å². The molecule has 2 unspecified atom stereocenters. The third kappa shape index (κ3) is 25.6. The van der Waals surface area contributed by atoms with Crippen LogP contribution >= 0.6 is 15.2 Å². The summed E-state index contributed by atoms with van der Waals surface area (Å²) in [6.07, 6.45) is 19.7. The molecular weight excluding hydrogens is 826 g/mol. The van der Waals surface area contributed by atoms with Crippen molar-refractivity contribution in [2.24, 2.45) is 0 Å². The van der Waals surface area contributed by atoms with Crippen molar-refractivity contribution in [3.63, 3.8) is 0 Å². The Bertz CT molecular complexity index is 1380. The molecule has 0 heterocycles. The molecule has 0 aliphatic carbocycles. The number of phenols is 2. The minimum atomic E-state index is -5.18. The smallest absolute Gasteiger partial charge is 0.151 e. The van der Waals surface area contributed by atoms with Crippen molar-refractivity contribution in [2.75, 3.05) is 82.3 Å². The Labute approximate surface area is 337 Å². The van der Waals surface area contributed by atoms with Crippen LogP contribution < -0.4 is 9.79 Å². The predicted octanol–water partition coefficient (Wildman–Crippen LogP) is 1.36. The molecule has 2 aromatic carbocycles. The van der Waals surface area contributed by atoms with Crippen LogP contribution in [0.25, 0.3) is 0 Å². The molecule has 0 amide bonds. The quantitative estimate of drug-likeness (QED) is 0.0719. The number of nitrogens with zero attached hydrogens (tertiary/aromatic N) is 2. The van der Waals surface area contributed by atoms with Crippen LogP contribution in [0.2, 0.25) is 0 Å². The van der Waals surface area contributed by atoms with E-state index in [-0.39, 0.29) is 73.5 Å². The van der Waals surface area contributed by atoms with Crippen molar-refractivity contribution >= 4 is 47.9 Å². The maximum Gasteiger partial charge on any atom is 0.151 e. The molecular formula is C34H65FeN2O11P2S3+. The van der Waals surface area contributed by atoms with Crippen LogP contribution in [-0.2, 0) is 98.0 Å². The van der Waals surface area contributed by atoms with Crippen molar-refractivity contribution in [3.8, 4) is 11.5 Å². The van der Waals surface area contributed by atoms with Crippen LogP contribution in [0.3, 0.4) is 0 Å². The molecule has 0 aliphatic rings. The monoisotopic (exact) mass is 891 g/mol. The molecule has 0 bridgehead atoms. The number of hydrogen-bond acceptors (Lipinski definition) is 11. The Balaban J connectivity index is -0.00000167. The molecule has 19 heteroatoms. The van der Waals surface area contributed by atoms with E-state index in [9.17, 15) is 54.2 Å². The molecule has 0 spiro atoms. The fourth-order valence-electron chi connectivity index (χ4n) is 4.77. The van der Waals surface area contributed by atoms with Gasteiger partial charge in [0, 0.05) is 54.4 Å². The summed E-state index contributed by atoms with van der Waals surface area (Å²) in [7, 11) is -8.14. The van der Waals surface area contributed by atoms with Gasteiger partial charge in [-0.2, -0.15) is 0 Å². The summed E-state index contributed by atoms with van der Waals surface area (Å²) in [5.41, 5.74) is 2.71. The topological polar surface area (TPSA) is 228 Å². The van der Waals surface area contributed by atoms with Gasteiger partial charge in [-0.25, -0.2) is 0 Å². The zero-order valence-electron chi connectivity index (χ0n) is 33.1. The SMILES string of the molecule is CCc1cc(CO)cc(O)c1CN(CCN(Cc1c(O)ccc(CO)c1CC)[C@H](CO)P(=O)([O-])O)CP(=O)([O-])O.C[S+](C)C.C[S+](C)C.C[S+](C)C.[Fe]. The molecule has 0 saturated heterocycles. The average Bonchev–Trinajstić information content (AvgIpc) is 2.99. The molecule has 312 valence electrons. The van der Waals surface area contributed by atoms with Crippen molar-refractivity contribution < 1.29 is 71.3 Å². The number of phenolic OH excluding ortho intramolecular Hbond substituents is 2. The van der Waals surface area contributed by atoms with Gasteiger partial charge in [0.2, 0.25) is 0 Å². The first-order valence-electron chi connectivity index (χ1n) is 16.4. The van der Waals surface area contributed by atoms with Gasteiger partial charge in [0.25, 0.3) is 0 Å². The third-order valence-electron chi connectivity index (χ3n) is 6.76. The number of aryl methyl sites for hydroxylation is 1. The van der Waals surface area contributed by atoms with Gasteiger partial charge in [-0.1, -0.05) is 26.0 Å². The molecule has 0 aliphatic heterocycles. The van der Waals surface area contributed by atoms with Gasteiger partial charge < -0.3 is 54.2 Å². The van der Waals surface area contributed by atoms with Crippen LogP contribution in [0.15, 0.2) is 24.3 Å². The van der Waals surface area contributed by atoms with Gasteiger partial charge in [-0.3, -0.25) is 9.80 Å². The minimum absolute atomic E-state index is 0. The van der Waals surface area contributed by atoms with Crippen LogP contribution in [0.5, 0.6) is 11.5 Å². The standard InChI is InChI=1S/C25H40N2O11P2.3C3H9S.Fe/c1-3-18-9-17(13-28)10-24(32)21(18)11-26(16-39(33,34)35)7-8-27(25(15-30)40(36,37)38)12-22-20(4-2)19(14-29)5-6-23(22)31;3*1-4(2)3;/h5-6,9-10,25,28-32H,3-4,7-8,11-16H2,1-2H3,(H2,33,34,35)(H2,36,37,38);3*1-3H3;/q;3*+1;/p-2/t25-;;;;/m0..../s1. The Hall–Kier alpha value is -0.291. The summed E-state index contributed by atoms with van der Waals surface area (Å²) in [5, 5.41) is 50.2. The van der Waals surface area contributed by atoms with E-state index in [1.807, 2.05) is 0 Å². The molecule has 2 aromatic rings. The maximum atomic E-state index is 12.2. The van der Waals surface area contributed by atoms with Gasteiger partial charge in [0.15, 0.2) is 7.60 Å². The number of aromatic hydroxyl groups is 2. The molecule has 0 aromatic heterocycles. The summed E-state index contributed by atoms with van der Waals surface area (Å²) in [6, 6.07) is 5.84. The third-order valence-corrected chi connectivity index (χ3v) is 8.76. The molecule has 0 saturated carbocycles. The number of rotatable bonds is 16. The summed E-state index contributed by atoms with van der Waals surface area (Å²) in [6.45, 7) is 0.942. The fourth-order valence-corrected chi connectivity index (χ4v) is 6.33.